The number of esters is 2. The van der Waals surface area contributed by atoms with Gasteiger partial charge in [-0.2, -0.15) is 13.2 Å². The van der Waals surface area contributed by atoms with E-state index in [0.29, 0.717) is 18.6 Å². The highest BCUT2D eigenvalue weighted by Gasteiger charge is 2.49. The molecule has 1 unspecified atom stereocenters. The molecule has 0 saturated carbocycles. The van der Waals surface area contributed by atoms with Crippen LogP contribution in [0.5, 0.6) is 0 Å². The molecule has 0 fully saturated rings. The molecule has 1 N–H and O–H groups in total. The van der Waals surface area contributed by atoms with Crippen molar-refractivity contribution >= 4 is 17.6 Å². The fraction of sp³-hybridized carbons (Fsp3) is 0.400. The average molecular weight is 478 g/mol. The van der Waals surface area contributed by atoms with Gasteiger partial charge in [-0.05, 0) is 19.4 Å². The standard InChI is InChI=1S/C20H19F5N2O6/c1-4-7-33-19(29)13-9(2)26-11(8-21)15(18(28)32-3)16(13)14-10(22)5-6-12(27(30)31)17(14)20(23,24)25/h5-6,16,26H,4,7-8H2,1-3H3. The van der Waals surface area contributed by atoms with Gasteiger partial charge < -0.3 is 14.8 Å². The van der Waals surface area contributed by atoms with E-state index < -0.39 is 75.1 Å². The van der Waals surface area contributed by atoms with E-state index in [4.69, 9.17) is 4.74 Å². The zero-order chi connectivity index (χ0) is 25.1. The predicted octanol–water partition coefficient (Wildman–Crippen LogP) is 4.06. The van der Waals surface area contributed by atoms with E-state index in [-0.39, 0.29) is 12.3 Å². The minimum Gasteiger partial charge on any atom is -0.466 e. The molecular formula is C20H19F5N2O6. The number of methoxy groups -OCH3 is 1. The van der Waals surface area contributed by atoms with Gasteiger partial charge in [0.05, 0.1) is 41.4 Å². The number of hydrogen-bond acceptors (Lipinski definition) is 7. The number of carbonyl (C=O) groups excluding carboxylic acids is 2. The number of hydrogen-bond donors (Lipinski definition) is 1. The van der Waals surface area contributed by atoms with Gasteiger partial charge in [0.1, 0.15) is 18.1 Å². The van der Waals surface area contributed by atoms with Crippen LogP contribution in [0.2, 0.25) is 0 Å². The zero-order valence-electron chi connectivity index (χ0n) is 17.6. The maximum absolute atomic E-state index is 15.0. The van der Waals surface area contributed by atoms with Gasteiger partial charge in [-0.1, -0.05) is 6.92 Å². The summed E-state index contributed by atoms with van der Waals surface area (Å²) in [6.07, 6.45) is -5.15. The second-order valence-electron chi connectivity index (χ2n) is 6.86. The molecule has 0 spiro atoms. The third kappa shape index (κ3) is 4.96. The molecule has 1 aliphatic rings. The van der Waals surface area contributed by atoms with Gasteiger partial charge >= 0.3 is 18.1 Å². The number of benzene rings is 1. The molecule has 1 aromatic carbocycles. The molecule has 180 valence electrons. The fourth-order valence-electron chi connectivity index (χ4n) is 3.50. The summed E-state index contributed by atoms with van der Waals surface area (Å²) in [7, 11) is 0.844. The molecule has 33 heavy (non-hydrogen) atoms. The lowest BCUT2D eigenvalue weighted by Crippen LogP contribution is -2.35. The van der Waals surface area contributed by atoms with Gasteiger partial charge in [-0.15, -0.1) is 0 Å². The van der Waals surface area contributed by atoms with Crippen molar-refractivity contribution in [2.45, 2.75) is 32.4 Å². The molecule has 1 heterocycles. The molecule has 0 amide bonds. The summed E-state index contributed by atoms with van der Waals surface area (Å²) in [4.78, 5) is 35.2. The number of allylic oxidation sites excluding steroid dienone is 2. The Hall–Kier alpha value is -3.51. The van der Waals surface area contributed by atoms with Crippen LogP contribution >= 0.6 is 0 Å². The third-order valence-electron chi connectivity index (χ3n) is 4.78. The molecular weight excluding hydrogens is 459 g/mol. The molecule has 0 aromatic heterocycles. The second-order valence-corrected chi connectivity index (χ2v) is 6.86. The van der Waals surface area contributed by atoms with Crippen molar-refractivity contribution in [2.24, 2.45) is 0 Å². The highest BCUT2D eigenvalue weighted by molar-refractivity contribution is 6.00. The lowest BCUT2D eigenvalue weighted by atomic mass is 9.77. The summed E-state index contributed by atoms with van der Waals surface area (Å²) < 4.78 is 80.3. The van der Waals surface area contributed by atoms with Gasteiger partial charge in [0, 0.05) is 17.3 Å². The molecule has 2 rings (SSSR count). The number of dihydropyridines is 1. The molecule has 0 saturated heterocycles. The number of nitrogens with one attached hydrogen (secondary N) is 1. The zero-order valence-corrected chi connectivity index (χ0v) is 17.6. The van der Waals surface area contributed by atoms with Crippen LogP contribution < -0.4 is 5.32 Å². The van der Waals surface area contributed by atoms with Gasteiger partial charge in [0.15, 0.2) is 0 Å². The molecule has 0 bridgehead atoms. The first kappa shape index (κ1) is 25.7. The Bertz CT molecular complexity index is 1050. The third-order valence-corrected chi connectivity index (χ3v) is 4.78. The van der Waals surface area contributed by atoms with Gasteiger partial charge in [0.25, 0.3) is 5.69 Å². The monoisotopic (exact) mass is 478 g/mol. The maximum atomic E-state index is 15.0. The number of carbonyl (C=O) groups is 2. The van der Waals surface area contributed by atoms with E-state index in [9.17, 15) is 37.3 Å². The Kier molecular flexibility index (Phi) is 7.77. The van der Waals surface area contributed by atoms with Crippen molar-refractivity contribution in [3.63, 3.8) is 0 Å². The predicted molar refractivity (Wildman–Crippen MR) is 103 cm³/mol. The Morgan fingerprint density at radius 2 is 1.85 bits per heavy atom. The number of nitro groups is 1. The van der Waals surface area contributed by atoms with Crippen LogP contribution in [0.15, 0.2) is 34.7 Å². The van der Waals surface area contributed by atoms with Crippen molar-refractivity contribution in [1.82, 2.24) is 5.32 Å². The van der Waals surface area contributed by atoms with E-state index in [1.165, 1.54) is 6.92 Å². The van der Waals surface area contributed by atoms with Crippen LogP contribution in [-0.4, -0.2) is 37.3 Å². The number of halogens is 5. The first-order chi connectivity index (χ1) is 15.4. The van der Waals surface area contributed by atoms with Crippen LogP contribution in [0.3, 0.4) is 0 Å². The number of nitrogens with zero attached hydrogens (tertiary/aromatic N) is 1. The van der Waals surface area contributed by atoms with Crippen LogP contribution in [0, 0.1) is 15.9 Å². The van der Waals surface area contributed by atoms with Crippen molar-refractivity contribution in [2.75, 3.05) is 20.4 Å². The van der Waals surface area contributed by atoms with Crippen LogP contribution in [-0.2, 0) is 25.2 Å². The van der Waals surface area contributed by atoms with Crippen molar-refractivity contribution in [3.8, 4) is 0 Å². The molecule has 1 atom stereocenters. The summed E-state index contributed by atoms with van der Waals surface area (Å²) in [5, 5.41) is 13.7. The quantitative estimate of drug-likeness (QED) is 0.273. The minimum atomic E-state index is -5.48. The molecule has 8 nitrogen and oxygen atoms in total. The largest absolute Gasteiger partial charge is 0.466 e. The van der Waals surface area contributed by atoms with Crippen LogP contribution in [0.25, 0.3) is 0 Å². The van der Waals surface area contributed by atoms with E-state index >= 15 is 4.39 Å². The smallest absolute Gasteiger partial charge is 0.423 e. The molecule has 0 radical (unpaired) electrons. The van der Waals surface area contributed by atoms with E-state index in [0.717, 1.165) is 7.11 Å². The fourth-order valence-corrected chi connectivity index (χ4v) is 3.50. The summed E-state index contributed by atoms with van der Waals surface area (Å²) >= 11 is 0. The SMILES string of the molecule is CCCOC(=O)C1=C(C)NC(CF)=C(C(=O)OC)C1c1c(F)ccc([N+](=O)[O-])c1C(F)(F)F. The van der Waals surface area contributed by atoms with E-state index in [2.05, 4.69) is 10.1 Å². The normalized spacial score (nSPS) is 16.4. The Balaban J connectivity index is 3.03. The second kappa shape index (κ2) is 9.96. The van der Waals surface area contributed by atoms with Crippen molar-refractivity contribution < 1.29 is 45.9 Å². The number of ether oxygens (including phenoxy) is 2. The molecule has 1 aromatic rings. The molecule has 13 heteroatoms. The minimum absolute atomic E-state index is 0.168. The molecule has 1 aliphatic heterocycles. The number of nitro benzene ring substituents is 1. The highest BCUT2D eigenvalue weighted by Crippen LogP contribution is 2.48. The maximum Gasteiger partial charge on any atom is 0.423 e. The molecule has 0 aliphatic carbocycles. The highest BCUT2D eigenvalue weighted by atomic mass is 19.4. The van der Waals surface area contributed by atoms with Crippen molar-refractivity contribution in [3.05, 3.63) is 61.7 Å². The topological polar surface area (TPSA) is 108 Å². The van der Waals surface area contributed by atoms with Crippen LogP contribution in [0.4, 0.5) is 27.6 Å². The van der Waals surface area contributed by atoms with Crippen molar-refractivity contribution in [1.29, 1.82) is 0 Å². The lowest BCUT2D eigenvalue weighted by Gasteiger charge is -2.32. The number of alkyl halides is 4. The first-order valence-corrected chi connectivity index (χ1v) is 9.46. The first-order valence-electron chi connectivity index (χ1n) is 9.46. The average Bonchev–Trinajstić information content (AvgIpc) is 2.74. The lowest BCUT2D eigenvalue weighted by molar-refractivity contribution is -0.388. The van der Waals surface area contributed by atoms with Gasteiger partial charge in [-0.25, -0.2) is 18.4 Å². The Morgan fingerprint density at radius 1 is 1.21 bits per heavy atom. The van der Waals surface area contributed by atoms with Crippen LogP contribution in [0.1, 0.15) is 37.3 Å². The summed E-state index contributed by atoms with van der Waals surface area (Å²) in [5.41, 5.74) is -7.23. The summed E-state index contributed by atoms with van der Waals surface area (Å²) in [5.74, 6) is -6.39. The van der Waals surface area contributed by atoms with E-state index in [1.807, 2.05) is 0 Å². The summed E-state index contributed by atoms with van der Waals surface area (Å²) in [6.45, 7) is 1.22. The summed E-state index contributed by atoms with van der Waals surface area (Å²) in [6, 6.07) is 0.713. The van der Waals surface area contributed by atoms with Gasteiger partial charge in [0.2, 0.25) is 0 Å². The Morgan fingerprint density at radius 3 is 2.33 bits per heavy atom. The van der Waals surface area contributed by atoms with Gasteiger partial charge in [-0.3, -0.25) is 10.1 Å². The Labute approximate surface area is 184 Å². The number of rotatable bonds is 7. The van der Waals surface area contributed by atoms with E-state index in [1.54, 1.807) is 6.92 Å².